The van der Waals surface area contributed by atoms with Crippen molar-refractivity contribution in [1.29, 1.82) is 0 Å². The second-order valence-corrected chi connectivity index (χ2v) is 4.66. The van der Waals surface area contributed by atoms with Crippen LogP contribution in [0.25, 0.3) is 16.7 Å². The third kappa shape index (κ3) is 1.96. The Morgan fingerprint density at radius 1 is 1.25 bits per heavy atom. The number of anilines is 1. The first-order valence-corrected chi connectivity index (χ1v) is 6.25. The first-order chi connectivity index (χ1) is 9.60. The van der Waals surface area contributed by atoms with E-state index in [1.54, 1.807) is 28.8 Å². The highest BCUT2D eigenvalue weighted by molar-refractivity contribution is 6.32. The normalized spacial score (nSPS) is 10.9. The number of hydrogen-bond acceptors (Lipinski definition) is 3. The Morgan fingerprint density at radius 3 is 2.75 bits per heavy atom. The third-order valence-electron chi connectivity index (χ3n) is 3.04. The zero-order valence-corrected chi connectivity index (χ0v) is 11.4. The van der Waals surface area contributed by atoms with E-state index in [1.165, 1.54) is 19.2 Å². The lowest BCUT2D eigenvalue weighted by Gasteiger charge is -2.09. The van der Waals surface area contributed by atoms with Crippen LogP contribution in [0.1, 0.15) is 0 Å². The lowest BCUT2D eigenvalue weighted by molar-refractivity contribution is 0.415. The van der Waals surface area contributed by atoms with Crippen molar-refractivity contribution in [2.75, 3.05) is 12.8 Å². The molecule has 0 amide bonds. The second-order valence-electron chi connectivity index (χ2n) is 4.26. The first kappa shape index (κ1) is 12.7. The molecule has 0 saturated heterocycles. The molecule has 0 aliphatic rings. The number of nitrogens with zero attached hydrogens (tertiary/aromatic N) is 2. The van der Waals surface area contributed by atoms with Gasteiger partial charge >= 0.3 is 0 Å². The van der Waals surface area contributed by atoms with Crippen molar-refractivity contribution in [3.63, 3.8) is 0 Å². The number of rotatable bonds is 2. The summed E-state index contributed by atoms with van der Waals surface area (Å²) in [5.74, 6) is 0.481. The van der Waals surface area contributed by atoms with Gasteiger partial charge in [0.2, 0.25) is 5.95 Å². The molecule has 1 aromatic heterocycles. The van der Waals surface area contributed by atoms with Crippen molar-refractivity contribution in [3.8, 4) is 11.4 Å². The standard InChI is InChI=1S/C14H11ClFN3O/c1-20-13-5-3-9(7-10(13)15)19-12-6-8(16)2-4-11(12)18-14(19)17/h2-7H,1H3,(H2,17,18). The molecule has 3 rings (SSSR count). The van der Waals surface area contributed by atoms with Gasteiger partial charge in [-0.3, -0.25) is 4.57 Å². The van der Waals surface area contributed by atoms with E-state index in [0.717, 1.165) is 0 Å². The van der Waals surface area contributed by atoms with Gasteiger partial charge in [-0.25, -0.2) is 9.37 Å². The molecule has 0 aliphatic heterocycles. The molecule has 102 valence electrons. The first-order valence-electron chi connectivity index (χ1n) is 5.87. The van der Waals surface area contributed by atoms with E-state index in [9.17, 15) is 4.39 Å². The summed E-state index contributed by atoms with van der Waals surface area (Å²) in [7, 11) is 1.54. The highest BCUT2D eigenvalue weighted by Gasteiger charge is 2.12. The number of imidazole rings is 1. The van der Waals surface area contributed by atoms with Crippen molar-refractivity contribution in [3.05, 3.63) is 47.2 Å². The minimum absolute atomic E-state index is 0.270. The van der Waals surface area contributed by atoms with Crippen LogP contribution >= 0.6 is 11.6 Å². The molecule has 0 unspecified atom stereocenters. The minimum atomic E-state index is -0.349. The zero-order valence-electron chi connectivity index (χ0n) is 10.6. The molecule has 0 saturated carbocycles. The van der Waals surface area contributed by atoms with Gasteiger partial charge < -0.3 is 10.5 Å². The summed E-state index contributed by atoms with van der Waals surface area (Å²) in [6.07, 6.45) is 0. The summed E-state index contributed by atoms with van der Waals surface area (Å²) in [5.41, 5.74) is 7.81. The van der Waals surface area contributed by atoms with Crippen LogP contribution in [0.5, 0.6) is 5.75 Å². The summed E-state index contributed by atoms with van der Waals surface area (Å²) in [6, 6.07) is 9.53. The van der Waals surface area contributed by atoms with Crippen LogP contribution in [0, 0.1) is 5.82 Å². The van der Waals surface area contributed by atoms with Crippen LogP contribution < -0.4 is 10.5 Å². The van der Waals surface area contributed by atoms with Crippen molar-refractivity contribution >= 4 is 28.6 Å². The van der Waals surface area contributed by atoms with Crippen LogP contribution in [0.2, 0.25) is 5.02 Å². The number of benzene rings is 2. The van der Waals surface area contributed by atoms with Gasteiger partial charge in [0.05, 0.1) is 28.9 Å². The third-order valence-corrected chi connectivity index (χ3v) is 3.33. The molecule has 1 heterocycles. The Balaban J connectivity index is 2.26. The van der Waals surface area contributed by atoms with Gasteiger partial charge in [-0.15, -0.1) is 0 Å². The predicted octanol–water partition coefficient (Wildman–Crippen LogP) is 3.41. The number of methoxy groups -OCH3 is 1. The summed E-state index contributed by atoms with van der Waals surface area (Å²) in [6.45, 7) is 0. The number of nitrogen functional groups attached to an aromatic ring is 1. The number of fused-ring (bicyclic) bond motifs is 1. The van der Waals surface area contributed by atoms with Crippen molar-refractivity contribution in [2.45, 2.75) is 0 Å². The fourth-order valence-corrected chi connectivity index (χ4v) is 2.38. The van der Waals surface area contributed by atoms with Crippen LogP contribution in [0.15, 0.2) is 36.4 Å². The fourth-order valence-electron chi connectivity index (χ4n) is 2.13. The monoisotopic (exact) mass is 291 g/mol. The number of halogens is 2. The average molecular weight is 292 g/mol. The molecular formula is C14H11ClFN3O. The van der Waals surface area contributed by atoms with Crippen molar-refractivity contribution in [2.24, 2.45) is 0 Å². The molecule has 0 fully saturated rings. The van der Waals surface area contributed by atoms with Crippen LogP contribution in [-0.4, -0.2) is 16.7 Å². The van der Waals surface area contributed by atoms with E-state index in [0.29, 0.717) is 27.5 Å². The van der Waals surface area contributed by atoms with E-state index in [2.05, 4.69) is 4.98 Å². The van der Waals surface area contributed by atoms with Gasteiger partial charge in [-0.1, -0.05) is 11.6 Å². The minimum Gasteiger partial charge on any atom is -0.495 e. The van der Waals surface area contributed by atoms with Gasteiger partial charge in [-0.2, -0.15) is 0 Å². The number of ether oxygens (including phenoxy) is 1. The molecule has 0 atom stereocenters. The largest absolute Gasteiger partial charge is 0.495 e. The molecule has 0 aliphatic carbocycles. The molecule has 3 aromatic rings. The average Bonchev–Trinajstić information content (AvgIpc) is 2.74. The summed E-state index contributed by atoms with van der Waals surface area (Å²) in [5, 5.41) is 0.447. The molecular weight excluding hydrogens is 281 g/mol. The Hall–Kier alpha value is -2.27. The van der Waals surface area contributed by atoms with Crippen LogP contribution in [-0.2, 0) is 0 Å². The quantitative estimate of drug-likeness (QED) is 0.787. The lowest BCUT2D eigenvalue weighted by atomic mass is 10.2. The molecule has 20 heavy (non-hydrogen) atoms. The summed E-state index contributed by atoms with van der Waals surface area (Å²) >= 11 is 6.11. The molecule has 4 nitrogen and oxygen atoms in total. The Morgan fingerprint density at radius 2 is 2.05 bits per heavy atom. The molecule has 2 N–H and O–H groups in total. The number of hydrogen-bond donors (Lipinski definition) is 1. The smallest absolute Gasteiger partial charge is 0.205 e. The predicted molar refractivity (Wildman–Crippen MR) is 77.0 cm³/mol. The number of aromatic nitrogens is 2. The Bertz CT molecular complexity index is 800. The highest BCUT2D eigenvalue weighted by Crippen LogP contribution is 2.30. The van der Waals surface area contributed by atoms with Crippen molar-refractivity contribution in [1.82, 2.24) is 9.55 Å². The Kier molecular flexibility index (Phi) is 2.99. The number of nitrogens with two attached hydrogens (primary N) is 1. The van der Waals surface area contributed by atoms with Gasteiger partial charge in [0.15, 0.2) is 0 Å². The maximum atomic E-state index is 13.4. The molecule has 2 aromatic carbocycles. The van der Waals surface area contributed by atoms with Gasteiger partial charge in [0.25, 0.3) is 0 Å². The Labute approximate surface area is 119 Å². The SMILES string of the molecule is COc1ccc(-n2c(N)nc3ccc(F)cc32)cc1Cl. The van der Waals surface area contributed by atoms with Crippen molar-refractivity contribution < 1.29 is 9.13 Å². The lowest BCUT2D eigenvalue weighted by Crippen LogP contribution is -2.01. The molecule has 0 spiro atoms. The van der Waals surface area contributed by atoms with Crippen LogP contribution in [0.4, 0.5) is 10.3 Å². The highest BCUT2D eigenvalue weighted by atomic mass is 35.5. The fraction of sp³-hybridized carbons (Fsp3) is 0.0714. The van der Waals surface area contributed by atoms with E-state index in [4.69, 9.17) is 22.1 Å². The maximum absolute atomic E-state index is 13.4. The van der Waals surface area contributed by atoms with Gasteiger partial charge in [0, 0.05) is 6.07 Å². The van der Waals surface area contributed by atoms with E-state index >= 15 is 0 Å². The molecule has 6 heteroatoms. The maximum Gasteiger partial charge on any atom is 0.205 e. The van der Waals surface area contributed by atoms with E-state index < -0.39 is 0 Å². The second kappa shape index (κ2) is 4.68. The molecule has 0 radical (unpaired) electrons. The zero-order chi connectivity index (χ0) is 14.3. The van der Waals surface area contributed by atoms with Gasteiger partial charge in [-0.05, 0) is 30.3 Å². The van der Waals surface area contributed by atoms with E-state index in [-0.39, 0.29) is 11.8 Å². The topological polar surface area (TPSA) is 53.1 Å². The van der Waals surface area contributed by atoms with E-state index in [1.807, 2.05) is 0 Å². The summed E-state index contributed by atoms with van der Waals surface area (Å²) < 4.78 is 20.2. The molecule has 0 bridgehead atoms. The summed E-state index contributed by atoms with van der Waals surface area (Å²) in [4.78, 5) is 4.20. The van der Waals surface area contributed by atoms with Gasteiger partial charge in [0.1, 0.15) is 11.6 Å². The van der Waals surface area contributed by atoms with Crippen LogP contribution in [0.3, 0.4) is 0 Å².